The quantitative estimate of drug-likeness (QED) is 0.205. The zero-order valence-electron chi connectivity index (χ0n) is 24.2. The van der Waals surface area contributed by atoms with Gasteiger partial charge in [0.2, 0.25) is 0 Å². The molecule has 0 radical (unpaired) electrons. The van der Waals surface area contributed by atoms with Gasteiger partial charge in [0.25, 0.3) is 5.41 Å². The minimum Gasteiger partial charge on any atom is -0.465 e. The summed E-state index contributed by atoms with van der Waals surface area (Å²) in [4.78, 5) is 39.8. The Morgan fingerprint density at radius 3 is 1.86 bits per heavy atom. The second-order valence-corrected chi connectivity index (χ2v) is 11.9. The summed E-state index contributed by atoms with van der Waals surface area (Å²) in [5, 5.41) is 0. The third-order valence-corrected chi connectivity index (χ3v) is 7.46. The summed E-state index contributed by atoms with van der Waals surface area (Å²) in [5.74, 6) is -3.56. The van der Waals surface area contributed by atoms with Crippen molar-refractivity contribution in [2.45, 2.75) is 81.6 Å². The van der Waals surface area contributed by atoms with Crippen molar-refractivity contribution in [3.8, 4) is 0 Å². The summed E-state index contributed by atoms with van der Waals surface area (Å²) in [5.41, 5.74) is 8.13. The zero-order valence-corrected chi connectivity index (χ0v) is 25.0. The molecule has 2 atom stereocenters. The van der Waals surface area contributed by atoms with Gasteiger partial charge >= 0.3 is 24.1 Å². The van der Waals surface area contributed by atoms with Crippen LogP contribution in [0.4, 0.5) is 13.2 Å². The van der Waals surface area contributed by atoms with E-state index >= 15 is 0 Å². The Morgan fingerprint density at radius 1 is 0.857 bits per heavy atom. The van der Waals surface area contributed by atoms with Crippen molar-refractivity contribution in [1.29, 1.82) is 0 Å². The summed E-state index contributed by atoms with van der Waals surface area (Å²) in [6.07, 6.45) is -4.53. The molecule has 42 heavy (non-hydrogen) atoms. The predicted octanol–water partition coefficient (Wildman–Crippen LogP) is 4.05. The van der Waals surface area contributed by atoms with Crippen molar-refractivity contribution in [2.75, 3.05) is 13.2 Å². The van der Waals surface area contributed by atoms with Gasteiger partial charge in [0.1, 0.15) is 5.60 Å². The van der Waals surface area contributed by atoms with Crippen LogP contribution in [-0.4, -0.2) is 47.0 Å². The van der Waals surface area contributed by atoms with E-state index in [4.69, 9.17) is 25.7 Å². The van der Waals surface area contributed by atoms with Gasteiger partial charge in [-0.1, -0.05) is 12.1 Å². The maximum Gasteiger partial charge on any atom is 0.416 e. The molecule has 4 N–H and O–H groups in total. The van der Waals surface area contributed by atoms with E-state index in [1.54, 1.807) is 32.9 Å². The Balaban J connectivity index is 2.35. The second kappa shape index (κ2) is 14.3. The molecule has 0 fully saturated rings. The molecular weight excluding hydrogens is 577 g/mol. The Kier molecular flexibility index (Phi) is 11.8. The molecule has 2 unspecified atom stereocenters. The second-order valence-electron chi connectivity index (χ2n) is 10.4. The molecule has 2 aromatic rings. The van der Waals surface area contributed by atoms with Gasteiger partial charge in [-0.2, -0.15) is 13.2 Å². The summed E-state index contributed by atoms with van der Waals surface area (Å²) >= 11 is 0. The lowest BCUT2D eigenvalue weighted by Gasteiger charge is -2.34. The molecule has 0 aliphatic rings. The van der Waals surface area contributed by atoms with Crippen molar-refractivity contribution in [3.05, 3.63) is 59.2 Å². The Labute approximate surface area is 245 Å². The van der Waals surface area contributed by atoms with E-state index in [0.717, 1.165) is 12.1 Å². The molecule has 232 valence electrons. The zero-order chi connectivity index (χ0) is 31.9. The highest BCUT2D eigenvalue weighted by molar-refractivity contribution is 7.85. The number of alkyl halides is 3. The van der Waals surface area contributed by atoms with E-state index in [2.05, 4.69) is 0 Å². The smallest absolute Gasteiger partial charge is 0.416 e. The average Bonchev–Trinajstić information content (AvgIpc) is 2.90. The molecule has 2 aromatic carbocycles. The number of esters is 3. The van der Waals surface area contributed by atoms with Gasteiger partial charge in [0.05, 0.1) is 29.6 Å². The number of halogens is 3. The number of benzene rings is 2. The molecule has 0 saturated heterocycles. The summed E-state index contributed by atoms with van der Waals surface area (Å²) in [6, 6.07) is 7.83. The van der Waals surface area contributed by atoms with Crippen molar-refractivity contribution in [1.82, 2.24) is 0 Å². The van der Waals surface area contributed by atoms with Crippen LogP contribution in [0.3, 0.4) is 0 Å². The van der Waals surface area contributed by atoms with Crippen molar-refractivity contribution >= 4 is 28.7 Å². The lowest BCUT2D eigenvalue weighted by molar-refractivity contribution is -0.191. The highest BCUT2D eigenvalue weighted by Gasteiger charge is 2.62. The number of aryl methyl sites for hydroxylation is 1. The van der Waals surface area contributed by atoms with Gasteiger partial charge in [-0.3, -0.25) is 14.4 Å². The largest absolute Gasteiger partial charge is 0.465 e. The van der Waals surface area contributed by atoms with E-state index < -0.39 is 57.5 Å². The summed E-state index contributed by atoms with van der Waals surface area (Å²) in [6.45, 7) is 7.30. The van der Waals surface area contributed by atoms with Gasteiger partial charge in [-0.05, 0) is 88.9 Å². The minimum atomic E-state index is -4.63. The SMILES string of the molecule is CCOC(=O)C(C(=O)OCC)(C(=O)OC(C)(C)C)C(N)CCc1ccc(S(=O)c2cc(CN)cc(C(F)(F)F)c2)cc1. The maximum absolute atomic E-state index is 13.3. The van der Waals surface area contributed by atoms with E-state index in [1.807, 2.05) is 0 Å². The molecule has 9 nitrogen and oxygen atoms in total. The number of ether oxygens (including phenoxy) is 3. The first kappa shape index (κ1) is 34.9. The summed E-state index contributed by atoms with van der Waals surface area (Å²) in [7, 11) is -1.94. The highest BCUT2D eigenvalue weighted by Crippen LogP contribution is 2.34. The van der Waals surface area contributed by atoms with Crippen molar-refractivity contribution in [2.24, 2.45) is 16.9 Å². The van der Waals surface area contributed by atoms with Crippen LogP contribution in [0.1, 0.15) is 57.7 Å². The number of hydrogen-bond donors (Lipinski definition) is 2. The van der Waals surface area contributed by atoms with Gasteiger partial charge < -0.3 is 25.7 Å². The molecular formula is C29H37F3N2O7S. The van der Waals surface area contributed by atoms with Crippen LogP contribution in [0, 0.1) is 5.41 Å². The number of carbonyl (C=O) groups excluding carboxylic acids is 3. The average molecular weight is 615 g/mol. The van der Waals surface area contributed by atoms with E-state index in [1.165, 1.54) is 32.0 Å². The van der Waals surface area contributed by atoms with E-state index in [-0.39, 0.29) is 48.0 Å². The molecule has 0 spiro atoms. The number of nitrogens with two attached hydrogens (primary N) is 2. The van der Waals surface area contributed by atoms with Gasteiger partial charge in [0, 0.05) is 22.4 Å². The molecule has 0 heterocycles. The third-order valence-electron chi connectivity index (χ3n) is 6.10. The van der Waals surface area contributed by atoms with Crippen LogP contribution in [0.2, 0.25) is 0 Å². The standard InChI is InChI=1S/C29H37F3N2O7S/c1-6-39-24(35)28(25(36)40-7-2,26(37)41-27(3,4)5)23(34)13-10-18-8-11-21(12-9-18)42(38)22-15-19(17-33)14-20(16-22)29(30,31)32/h8-9,11-12,14-16,23H,6-7,10,13,17,33-34H2,1-5H3. The molecule has 0 aliphatic heterocycles. The first-order chi connectivity index (χ1) is 19.5. The number of hydrogen-bond acceptors (Lipinski definition) is 9. The Morgan fingerprint density at radius 2 is 1.40 bits per heavy atom. The first-order valence-corrected chi connectivity index (χ1v) is 14.4. The molecule has 13 heteroatoms. The molecule has 0 saturated carbocycles. The Hall–Kier alpha value is -3.29. The number of rotatable bonds is 12. The first-order valence-electron chi connectivity index (χ1n) is 13.3. The third kappa shape index (κ3) is 8.39. The van der Waals surface area contributed by atoms with Crippen LogP contribution in [0.5, 0.6) is 0 Å². The predicted molar refractivity (Wildman–Crippen MR) is 148 cm³/mol. The molecule has 0 aromatic heterocycles. The van der Waals surface area contributed by atoms with Crippen LogP contribution in [0.25, 0.3) is 0 Å². The van der Waals surface area contributed by atoms with E-state index in [9.17, 15) is 31.8 Å². The number of carbonyl (C=O) groups is 3. The lowest BCUT2D eigenvalue weighted by Crippen LogP contribution is -2.61. The van der Waals surface area contributed by atoms with Crippen molar-refractivity contribution < 1.29 is 46.0 Å². The highest BCUT2D eigenvalue weighted by atomic mass is 32.2. The van der Waals surface area contributed by atoms with Crippen LogP contribution >= 0.6 is 0 Å². The fourth-order valence-corrected chi connectivity index (χ4v) is 5.20. The van der Waals surface area contributed by atoms with Gasteiger partial charge in [0.15, 0.2) is 0 Å². The van der Waals surface area contributed by atoms with E-state index in [0.29, 0.717) is 5.56 Å². The van der Waals surface area contributed by atoms with Crippen molar-refractivity contribution in [3.63, 3.8) is 0 Å². The fourth-order valence-electron chi connectivity index (χ4n) is 4.06. The van der Waals surface area contributed by atoms with Gasteiger partial charge in [-0.25, -0.2) is 4.21 Å². The topological polar surface area (TPSA) is 148 Å². The van der Waals surface area contributed by atoms with Gasteiger partial charge in [-0.15, -0.1) is 0 Å². The fraction of sp³-hybridized carbons (Fsp3) is 0.483. The maximum atomic E-state index is 13.3. The molecule has 2 rings (SSSR count). The lowest BCUT2D eigenvalue weighted by atomic mass is 9.77. The monoisotopic (exact) mass is 614 g/mol. The normalized spacial score (nSPS) is 13.7. The molecule has 0 bridgehead atoms. The molecule has 0 aliphatic carbocycles. The van der Waals surface area contributed by atoms with Crippen LogP contribution in [-0.2, 0) is 58.5 Å². The summed E-state index contributed by atoms with van der Waals surface area (Å²) < 4.78 is 68.6. The van der Waals surface area contributed by atoms with Crippen LogP contribution < -0.4 is 11.5 Å². The molecule has 0 amide bonds. The Bertz CT molecular complexity index is 1270. The van der Waals surface area contributed by atoms with Crippen LogP contribution in [0.15, 0.2) is 52.3 Å². The minimum absolute atomic E-state index is 0.0499.